The van der Waals surface area contributed by atoms with Crippen LogP contribution in [0, 0.1) is 0 Å². The summed E-state index contributed by atoms with van der Waals surface area (Å²) in [4.78, 5) is 13.5. The fourth-order valence-corrected chi connectivity index (χ4v) is 1.60. The third-order valence-electron chi connectivity index (χ3n) is 2.46. The van der Waals surface area contributed by atoms with Crippen molar-refractivity contribution in [2.75, 3.05) is 0 Å². The van der Waals surface area contributed by atoms with Gasteiger partial charge in [0.2, 0.25) is 5.91 Å². The number of allylic oxidation sites excluding steroid dienone is 2. The Bertz CT molecular complexity index is 423. The van der Waals surface area contributed by atoms with E-state index in [0.717, 1.165) is 5.56 Å². The second-order valence-corrected chi connectivity index (χ2v) is 3.70. The maximum atomic E-state index is 11.8. The fourth-order valence-electron chi connectivity index (χ4n) is 1.60. The molecule has 1 unspecified atom stereocenters. The van der Waals surface area contributed by atoms with Crippen LogP contribution in [0.2, 0.25) is 0 Å². The highest BCUT2D eigenvalue weighted by Gasteiger charge is 2.18. The molecule has 1 aliphatic heterocycles. The molecule has 1 aromatic carbocycles. The lowest BCUT2D eigenvalue weighted by Gasteiger charge is -2.19. The summed E-state index contributed by atoms with van der Waals surface area (Å²) in [5.41, 5.74) is 6.80. The summed E-state index contributed by atoms with van der Waals surface area (Å²) in [6.45, 7) is 0.561. The van der Waals surface area contributed by atoms with E-state index in [0.29, 0.717) is 6.54 Å². The zero-order chi connectivity index (χ0) is 11.4. The van der Waals surface area contributed by atoms with Crippen molar-refractivity contribution in [1.82, 2.24) is 4.90 Å². The molecule has 1 heterocycles. The van der Waals surface area contributed by atoms with E-state index in [9.17, 15) is 4.79 Å². The molecule has 1 aromatic rings. The maximum Gasteiger partial charge on any atom is 0.247 e. The van der Waals surface area contributed by atoms with Crippen LogP contribution in [0.1, 0.15) is 5.56 Å². The molecule has 16 heavy (non-hydrogen) atoms. The van der Waals surface area contributed by atoms with Crippen molar-refractivity contribution in [2.24, 2.45) is 5.73 Å². The van der Waals surface area contributed by atoms with Gasteiger partial charge in [0.05, 0.1) is 6.54 Å². The first kappa shape index (κ1) is 10.6. The SMILES string of the molecule is NC1C=CC=CN(Cc2ccccc2)C1=O. The van der Waals surface area contributed by atoms with E-state index in [-0.39, 0.29) is 5.91 Å². The summed E-state index contributed by atoms with van der Waals surface area (Å²) in [5, 5.41) is 0. The smallest absolute Gasteiger partial charge is 0.247 e. The average molecular weight is 214 g/mol. The van der Waals surface area contributed by atoms with Crippen LogP contribution in [0.15, 0.2) is 54.8 Å². The summed E-state index contributed by atoms with van der Waals surface area (Å²) in [7, 11) is 0. The molecule has 1 atom stereocenters. The molecule has 3 nitrogen and oxygen atoms in total. The Morgan fingerprint density at radius 3 is 2.69 bits per heavy atom. The van der Waals surface area contributed by atoms with E-state index in [2.05, 4.69) is 0 Å². The highest BCUT2D eigenvalue weighted by atomic mass is 16.2. The molecule has 0 radical (unpaired) electrons. The summed E-state index contributed by atoms with van der Waals surface area (Å²) < 4.78 is 0. The van der Waals surface area contributed by atoms with Crippen LogP contribution >= 0.6 is 0 Å². The van der Waals surface area contributed by atoms with E-state index in [4.69, 9.17) is 5.73 Å². The van der Waals surface area contributed by atoms with Gasteiger partial charge in [-0.3, -0.25) is 4.79 Å². The van der Waals surface area contributed by atoms with Crippen molar-refractivity contribution in [3.05, 3.63) is 60.3 Å². The van der Waals surface area contributed by atoms with Gasteiger partial charge in [-0.25, -0.2) is 0 Å². The summed E-state index contributed by atoms with van der Waals surface area (Å²) in [6, 6.07) is 9.31. The number of amides is 1. The van der Waals surface area contributed by atoms with Gasteiger partial charge in [-0.15, -0.1) is 0 Å². The lowest BCUT2D eigenvalue weighted by atomic mass is 10.2. The van der Waals surface area contributed by atoms with Gasteiger partial charge in [-0.2, -0.15) is 0 Å². The van der Waals surface area contributed by atoms with Crippen LogP contribution in [0.25, 0.3) is 0 Å². The summed E-state index contributed by atoms with van der Waals surface area (Å²) >= 11 is 0. The van der Waals surface area contributed by atoms with Crippen LogP contribution in [-0.2, 0) is 11.3 Å². The highest BCUT2D eigenvalue weighted by Crippen LogP contribution is 2.09. The third kappa shape index (κ3) is 2.38. The van der Waals surface area contributed by atoms with Gasteiger partial charge < -0.3 is 10.6 Å². The molecule has 0 aromatic heterocycles. The van der Waals surface area contributed by atoms with E-state index in [1.54, 1.807) is 23.3 Å². The van der Waals surface area contributed by atoms with Crippen LogP contribution in [0.4, 0.5) is 0 Å². The van der Waals surface area contributed by atoms with Crippen molar-refractivity contribution < 1.29 is 4.79 Å². The predicted molar refractivity (Wildman–Crippen MR) is 63.2 cm³/mol. The topological polar surface area (TPSA) is 46.3 Å². The molecular weight excluding hydrogens is 200 g/mol. The molecule has 2 rings (SSSR count). The van der Waals surface area contributed by atoms with Gasteiger partial charge in [0.15, 0.2) is 0 Å². The van der Waals surface area contributed by atoms with Gasteiger partial charge in [0, 0.05) is 6.20 Å². The molecule has 2 N–H and O–H groups in total. The predicted octanol–water partition coefficient (Wildman–Crippen LogP) is 1.43. The van der Waals surface area contributed by atoms with Crippen LogP contribution in [-0.4, -0.2) is 16.8 Å². The average Bonchev–Trinajstić information content (AvgIpc) is 2.46. The second-order valence-electron chi connectivity index (χ2n) is 3.70. The molecular formula is C13H14N2O. The van der Waals surface area contributed by atoms with Gasteiger partial charge in [0.25, 0.3) is 0 Å². The lowest BCUT2D eigenvalue weighted by Crippen LogP contribution is -2.38. The van der Waals surface area contributed by atoms with Crippen LogP contribution in [0.3, 0.4) is 0 Å². The number of hydrogen-bond acceptors (Lipinski definition) is 2. The standard InChI is InChI=1S/C13H14N2O/c14-12-8-4-5-9-15(13(12)16)10-11-6-2-1-3-7-11/h1-9,12H,10,14H2. The molecule has 0 saturated carbocycles. The minimum atomic E-state index is -0.543. The number of carbonyl (C=O) groups is 1. The maximum absolute atomic E-state index is 11.8. The zero-order valence-corrected chi connectivity index (χ0v) is 8.91. The van der Waals surface area contributed by atoms with E-state index in [1.807, 2.05) is 36.4 Å². The number of rotatable bonds is 2. The molecule has 3 heteroatoms. The first-order valence-corrected chi connectivity index (χ1v) is 5.22. The molecule has 0 saturated heterocycles. The number of nitrogens with zero attached hydrogens (tertiary/aromatic N) is 1. The first-order chi connectivity index (χ1) is 7.77. The number of nitrogens with two attached hydrogens (primary N) is 1. The molecule has 82 valence electrons. The van der Waals surface area contributed by atoms with Gasteiger partial charge >= 0.3 is 0 Å². The van der Waals surface area contributed by atoms with E-state index in [1.165, 1.54) is 0 Å². The first-order valence-electron chi connectivity index (χ1n) is 5.22. The van der Waals surface area contributed by atoms with Crippen molar-refractivity contribution >= 4 is 5.91 Å². The quantitative estimate of drug-likeness (QED) is 0.809. The van der Waals surface area contributed by atoms with Gasteiger partial charge in [0.1, 0.15) is 6.04 Å². The van der Waals surface area contributed by atoms with Crippen molar-refractivity contribution in [3.8, 4) is 0 Å². The molecule has 1 aliphatic rings. The lowest BCUT2D eigenvalue weighted by molar-refractivity contribution is -0.129. The van der Waals surface area contributed by atoms with Crippen molar-refractivity contribution in [2.45, 2.75) is 12.6 Å². The van der Waals surface area contributed by atoms with Gasteiger partial charge in [-0.1, -0.05) is 42.5 Å². The Morgan fingerprint density at radius 1 is 1.19 bits per heavy atom. The highest BCUT2D eigenvalue weighted by molar-refractivity contribution is 5.85. The van der Waals surface area contributed by atoms with Gasteiger partial charge in [-0.05, 0) is 11.6 Å². The summed E-state index contributed by atoms with van der Waals surface area (Å²) in [5.74, 6) is -0.0751. The minimum absolute atomic E-state index is 0.0751. The normalized spacial score (nSPS) is 19.9. The molecule has 0 bridgehead atoms. The van der Waals surface area contributed by atoms with E-state index >= 15 is 0 Å². The van der Waals surface area contributed by atoms with E-state index < -0.39 is 6.04 Å². The molecule has 0 aliphatic carbocycles. The van der Waals surface area contributed by atoms with Crippen LogP contribution < -0.4 is 5.73 Å². The minimum Gasteiger partial charge on any atom is -0.317 e. The second kappa shape index (κ2) is 4.77. The number of benzene rings is 1. The Morgan fingerprint density at radius 2 is 1.94 bits per heavy atom. The van der Waals surface area contributed by atoms with Crippen molar-refractivity contribution in [3.63, 3.8) is 0 Å². The zero-order valence-electron chi connectivity index (χ0n) is 8.91. The number of hydrogen-bond donors (Lipinski definition) is 1. The monoisotopic (exact) mass is 214 g/mol. The Kier molecular flexibility index (Phi) is 3.17. The third-order valence-corrected chi connectivity index (χ3v) is 2.46. The largest absolute Gasteiger partial charge is 0.317 e. The fraction of sp³-hybridized carbons (Fsp3) is 0.154. The Hall–Kier alpha value is -1.87. The Labute approximate surface area is 94.9 Å². The molecule has 0 spiro atoms. The number of carbonyl (C=O) groups excluding carboxylic acids is 1. The Balaban J connectivity index is 2.13. The van der Waals surface area contributed by atoms with Crippen molar-refractivity contribution in [1.29, 1.82) is 0 Å². The molecule has 1 amide bonds. The summed E-state index contributed by atoms with van der Waals surface area (Å²) in [6.07, 6.45) is 7.09. The van der Waals surface area contributed by atoms with Crippen LogP contribution in [0.5, 0.6) is 0 Å². The molecule has 0 fully saturated rings.